The van der Waals surface area contributed by atoms with Gasteiger partial charge in [-0.15, -0.1) is 0 Å². The van der Waals surface area contributed by atoms with Gasteiger partial charge in [-0.1, -0.05) is 0 Å². The molecule has 1 amide bonds. The molecule has 6 heteroatoms. The topological polar surface area (TPSA) is 42.0 Å². The molecule has 1 spiro atoms. The molecule has 0 bridgehead atoms. The molecule has 1 aromatic carbocycles. The predicted octanol–water partition coefficient (Wildman–Crippen LogP) is 3.07. The van der Waals surface area contributed by atoms with Gasteiger partial charge >= 0.3 is 0 Å². The third kappa shape index (κ3) is 3.64. The zero-order valence-corrected chi connectivity index (χ0v) is 16.3. The van der Waals surface area contributed by atoms with Gasteiger partial charge in [0.1, 0.15) is 5.82 Å². The number of piperidine rings is 1. The van der Waals surface area contributed by atoms with Crippen molar-refractivity contribution in [3.63, 3.8) is 0 Å². The van der Waals surface area contributed by atoms with Gasteiger partial charge < -0.3 is 14.4 Å². The molecule has 2 heterocycles. The van der Waals surface area contributed by atoms with Crippen LogP contribution in [0.25, 0.3) is 0 Å². The number of likely N-dealkylation sites (tertiary alicyclic amines) is 2. The summed E-state index contributed by atoms with van der Waals surface area (Å²) in [5.74, 6) is 1.69. The fraction of sp³-hybridized carbons (Fsp3) is 0.667. The van der Waals surface area contributed by atoms with E-state index < -0.39 is 0 Å². The second-order valence-corrected chi connectivity index (χ2v) is 8.34. The summed E-state index contributed by atoms with van der Waals surface area (Å²) in [5, 5.41) is 0. The fourth-order valence-corrected chi connectivity index (χ4v) is 4.67. The van der Waals surface area contributed by atoms with E-state index in [1.807, 2.05) is 0 Å². The lowest BCUT2D eigenvalue weighted by molar-refractivity contribution is -0.145. The first-order chi connectivity index (χ1) is 13.0. The van der Waals surface area contributed by atoms with E-state index in [1.54, 1.807) is 13.2 Å². The Morgan fingerprint density at radius 3 is 2.59 bits per heavy atom. The third-order valence-corrected chi connectivity index (χ3v) is 6.38. The molecule has 4 rings (SSSR count). The van der Waals surface area contributed by atoms with E-state index >= 15 is 0 Å². The highest BCUT2D eigenvalue weighted by atomic mass is 19.1. The van der Waals surface area contributed by atoms with Gasteiger partial charge in [-0.25, -0.2) is 4.39 Å². The number of halogens is 1. The van der Waals surface area contributed by atoms with Crippen molar-refractivity contribution in [3.05, 3.63) is 23.5 Å². The third-order valence-electron chi connectivity index (χ3n) is 6.38. The first kappa shape index (κ1) is 18.5. The lowest BCUT2D eigenvalue weighted by Gasteiger charge is -2.39. The highest BCUT2D eigenvalue weighted by Gasteiger charge is 2.48. The number of methoxy groups -OCH3 is 2. The number of nitrogens with zero attached hydrogens (tertiary/aromatic N) is 2. The minimum atomic E-state index is -0.293. The smallest absolute Gasteiger partial charge is 0.230 e. The Bertz CT molecular complexity index is 722. The summed E-state index contributed by atoms with van der Waals surface area (Å²) in [6.45, 7) is 3.88. The molecule has 0 radical (unpaired) electrons. The highest BCUT2D eigenvalue weighted by Crippen LogP contribution is 2.42. The first-order valence-corrected chi connectivity index (χ1v) is 9.97. The predicted molar refractivity (Wildman–Crippen MR) is 100 cm³/mol. The van der Waals surface area contributed by atoms with Crippen LogP contribution in [0, 0.1) is 17.2 Å². The number of hydrogen-bond donors (Lipinski definition) is 0. The second kappa shape index (κ2) is 7.30. The zero-order valence-electron chi connectivity index (χ0n) is 16.3. The van der Waals surface area contributed by atoms with Gasteiger partial charge in [0.15, 0.2) is 11.5 Å². The van der Waals surface area contributed by atoms with Gasteiger partial charge in [0, 0.05) is 37.8 Å². The van der Waals surface area contributed by atoms with Crippen LogP contribution in [-0.2, 0) is 11.3 Å². The molecule has 1 aliphatic carbocycles. The Balaban J connectivity index is 1.45. The molecule has 1 aromatic rings. The molecule has 1 atom stereocenters. The number of carbonyl (C=O) groups excluding carboxylic acids is 1. The van der Waals surface area contributed by atoms with Crippen LogP contribution >= 0.6 is 0 Å². The lowest BCUT2D eigenvalue weighted by Crippen LogP contribution is -2.50. The van der Waals surface area contributed by atoms with Gasteiger partial charge in [-0.2, -0.15) is 0 Å². The summed E-state index contributed by atoms with van der Waals surface area (Å²) in [5.41, 5.74) is 0.322. The molecule has 2 aliphatic heterocycles. The molecule has 0 N–H and O–H groups in total. The number of carbonyl (C=O) groups is 1. The minimum Gasteiger partial charge on any atom is -0.493 e. The van der Waals surface area contributed by atoms with E-state index in [9.17, 15) is 9.18 Å². The number of benzene rings is 1. The molecular formula is C21H29FN2O3. The van der Waals surface area contributed by atoms with E-state index in [0.29, 0.717) is 29.5 Å². The van der Waals surface area contributed by atoms with Crippen molar-refractivity contribution in [3.8, 4) is 11.5 Å². The Kier molecular flexibility index (Phi) is 5.01. The van der Waals surface area contributed by atoms with Crippen molar-refractivity contribution in [2.45, 2.75) is 38.6 Å². The summed E-state index contributed by atoms with van der Waals surface area (Å²) < 4.78 is 25.0. The fourth-order valence-electron chi connectivity index (χ4n) is 4.67. The summed E-state index contributed by atoms with van der Waals surface area (Å²) in [6.07, 6.45) is 5.44. The van der Waals surface area contributed by atoms with Crippen molar-refractivity contribution >= 4 is 5.91 Å². The standard InChI is InChI=1S/C21H29FN2O3/c1-26-18-10-16(17(22)11-19(18)27-2)13-23-9-7-21(14-23)6-3-8-24(20(21)25)12-15-4-5-15/h10-11,15H,3-9,12-14H2,1-2H3. The molecule has 5 nitrogen and oxygen atoms in total. The van der Waals surface area contributed by atoms with E-state index in [-0.39, 0.29) is 11.2 Å². The van der Waals surface area contributed by atoms with E-state index in [0.717, 1.165) is 51.4 Å². The van der Waals surface area contributed by atoms with Gasteiger partial charge in [-0.05, 0) is 50.6 Å². The maximum Gasteiger partial charge on any atom is 0.230 e. The molecule has 0 aromatic heterocycles. The van der Waals surface area contributed by atoms with Crippen LogP contribution in [0.5, 0.6) is 11.5 Å². The monoisotopic (exact) mass is 376 g/mol. The number of amides is 1. The minimum absolute atomic E-state index is 0.264. The number of hydrogen-bond acceptors (Lipinski definition) is 4. The first-order valence-electron chi connectivity index (χ1n) is 9.97. The van der Waals surface area contributed by atoms with Crippen molar-refractivity contribution < 1.29 is 18.7 Å². The summed E-state index contributed by atoms with van der Waals surface area (Å²) in [4.78, 5) is 17.5. The van der Waals surface area contributed by atoms with Crippen LogP contribution in [0.2, 0.25) is 0 Å². The SMILES string of the molecule is COc1cc(F)c(CN2CCC3(CCCN(CC4CC4)C3=O)C2)cc1OC. The van der Waals surface area contributed by atoms with Crippen LogP contribution in [0.15, 0.2) is 12.1 Å². The maximum absolute atomic E-state index is 14.5. The normalized spacial score (nSPS) is 26.0. The van der Waals surface area contributed by atoms with Gasteiger partial charge in [-0.3, -0.25) is 9.69 Å². The van der Waals surface area contributed by atoms with Crippen LogP contribution in [0.3, 0.4) is 0 Å². The van der Waals surface area contributed by atoms with E-state index in [1.165, 1.54) is 26.0 Å². The summed E-state index contributed by atoms with van der Waals surface area (Å²) in [6, 6.07) is 3.09. The summed E-state index contributed by atoms with van der Waals surface area (Å²) in [7, 11) is 3.06. The Hall–Kier alpha value is -1.82. The molecular weight excluding hydrogens is 347 g/mol. The molecule has 3 fully saturated rings. The van der Waals surface area contributed by atoms with E-state index in [4.69, 9.17) is 9.47 Å². The van der Waals surface area contributed by atoms with Crippen molar-refractivity contribution in [2.75, 3.05) is 40.4 Å². The zero-order chi connectivity index (χ0) is 19.0. The van der Waals surface area contributed by atoms with Gasteiger partial charge in [0.25, 0.3) is 0 Å². The van der Waals surface area contributed by atoms with Crippen molar-refractivity contribution in [2.24, 2.45) is 11.3 Å². The number of ether oxygens (including phenoxy) is 2. The average molecular weight is 376 g/mol. The number of rotatable bonds is 6. The van der Waals surface area contributed by atoms with Gasteiger partial charge in [0.2, 0.25) is 5.91 Å². The lowest BCUT2D eigenvalue weighted by atomic mass is 9.78. The maximum atomic E-state index is 14.5. The quantitative estimate of drug-likeness (QED) is 0.765. The van der Waals surface area contributed by atoms with Crippen molar-refractivity contribution in [1.82, 2.24) is 9.80 Å². The molecule has 3 aliphatic rings. The second-order valence-electron chi connectivity index (χ2n) is 8.34. The van der Waals surface area contributed by atoms with Crippen LogP contribution in [-0.4, -0.2) is 56.1 Å². The average Bonchev–Trinajstić information content (AvgIpc) is 3.40. The summed E-state index contributed by atoms with van der Waals surface area (Å²) >= 11 is 0. The Morgan fingerprint density at radius 1 is 1.15 bits per heavy atom. The molecule has 1 saturated carbocycles. The molecule has 2 saturated heterocycles. The molecule has 148 valence electrons. The highest BCUT2D eigenvalue weighted by molar-refractivity contribution is 5.84. The molecule has 1 unspecified atom stereocenters. The van der Waals surface area contributed by atoms with Crippen LogP contribution < -0.4 is 9.47 Å². The van der Waals surface area contributed by atoms with Crippen LogP contribution in [0.1, 0.15) is 37.7 Å². The van der Waals surface area contributed by atoms with E-state index in [2.05, 4.69) is 9.80 Å². The van der Waals surface area contributed by atoms with Gasteiger partial charge in [0.05, 0.1) is 19.6 Å². The Morgan fingerprint density at radius 2 is 1.89 bits per heavy atom. The Labute approximate surface area is 160 Å². The van der Waals surface area contributed by atoms with Crippen LogP contribution in [0.4, 0.5) is 4.39 Å². The van der Waals surface area contributed by atoms with Crippen molar-refractivity contribution in [1.29, 1.82) is 0 Å². The largest absolute Gasteiger partial charge is 0.493 e. The molecule has 27 heavy (non-hydrogen) atoms.